The predicted molar refractivity (Wildman–Crippen MR) is 90.9 cm³/mol. The number of allylic oxidation sites excluding steroid dienone is 2. The Morgan fingerprint density at radius 3 is 2.04 bits per heavy atom. The van der Waals surface area contributed by atoms with Gasteiger partial charge in [-0.2, -0.15) is 0 Å². The molecule has 2 fully saturated rings. The van der Waals surface area contributed by atoms with Gasteiger partial charge in [0.25, 0.3) is 0 Å². The quantitative estimate of drug-likeness (QED) is 0.638. The largest absolute Gasteiger partial charge is 0.352 e. The molecule has 0 radical (unpaired) electrons. The molecule has 0 bridgehead atoms. The molecule has 0 aromatic rings. The Bertz CT molecular complexity index is 509. The van der Waals surface area contributed by atoms with Gasteiger partial charge in [-0.1, -0.05) is 44.3 Å². The van der Waals surface area contributed by atoms with Crippen molar-refractivity contribution in [3.8, 4) is 0 Å². The van der Waals surface area contributed by atoms with Gasteiger partial charge in [0.15, 0.2) is 0 Å². The van der Waals surface area contributed by atoms with Crippen molar-refractivity contribution in [3.63, 3.8) is 0 Å². The van der Waals surface area contributed by atoms with Gasteiger partial charge in [-0.05, 0) is 32.6 Å². The number of hydrogen-bond donors (Lipinski definition) is 1. The minimum Gasteiger partial charge on any atom is -0.352 e. The van der Waals surface area contributed by atoms with E-state index < -0.39 is 6.04 Å². The van der Waals surface area contributed by atoms with Crippen LogP contribution < -0.4 is 5.32 Å². The summed E-state index contributed by atoms with van der Waals surface area (Å²) in [4.78, 5) is 39.0. The van der Waals surface area contributed by atoms with Gasteiger partial charge in [-0.25, -0.2) is 0 Å². The number of fused-ring (bicyclic) bond motifs is 1. The highest BCUT2D eigenvalue weighted by atomic mass is 16.2. The third-order valence-electron chi connectivity index (χ3n) is 5.76. The standard InChI is InChI=1S/C19H28N2O3/c1-13(17(22)20-14-9-5-3-2-4-6-10-14)21-18(23)15-11-7-8-12-16(15)19(21)24/h7-8,13-16H,2-6,9-12H2,1H3,(H,20,22)/t13-,15?,16?/m0/s1. The Kier molecular flexibility index (Phi) is 5.36. The zero-order chi connectivity index (χ0) is 17.1. The van der Waals surface area contributed by atoms with Crippen molar-refractivity contribution in [2.24, 2.45) is 11.8 Å². The molecule has 24 heavy (non-hydrogen) atoms. The first-order valence-corrected chi connectivity index (χ1v) is 9.42. The molecular formula is C19H28N2O3. The molecule has 5 nitrogen and oxygen atoms in total. The Hall–Kier alpha value is -1.65. The minimum atomic E-state index is -0.707. The van der Waals surface area contributed by atoms with Crippen LogP contribution in [0.1, 0.15) is 64.7 Å². The molecule has 5 heteroatoms. The minimum absolute atomic E-state index is 0.172. The van der Waals surface area contributed by atoms with Crippen LogP contribution in [0.5, 0.6) is 0 Å². The average Bonchev–Trinajstić information content (AvgIpc) is 2.81. The number of hydrogen-bond acceptors (Lipinski definition) is 3. The van der Waals surface area contributed by atoms with E-state index in [0.29, 0.717) is 12.8 Å². The van der Waals surface area contributed by atoms with Crippen molar-refractivity contribution in [2.75, 3.05) is 0 Å². The molecule has 2 unspecified atom stereocenters. The van der Waals surface area contributed by atoms with E-state index in [1.165, 1.54) is 24.2 Å². The Balaban J connectivity index is 1.62. The molecule has 0 aromatic carbocycles. The number of likely N-dealkylation sites (tertiary alicyclic amines) is 1. The molecule has 3 aliphatic rings. The van der Waals surface area contributed by atoms with Gasteiger partial charge >= 0.3 is 0 Å². The Labute approximate surface area is 143 Å². The highest BCUT2D eigenvalue weighted by Gasteiger charge is 2.50. The monoisotopic (exact) mass is 332 g/mol. The molecule has 1 heterocycles. The lowest BCUT2D eigenvalue weighted by Gasteiger charge is -2.26. The summed E-state index contributed by atoms with van der Waals surface area (Å²) in [5, 5.41) is 3.09. The molecule has 3 amide bonds. The van der Waals surface area contributed by atoms with Crippen molar-refractivity contribution >= 4 is 17.7 Å². The second-order valence-corrected chi connectivity index (χ2v) is 7.43. The third-order valence-corrected chi connectivity index (χ3v) is 5.76. The topological polar surface area (TPSA) is 66.5 Å². The van der Waals surface area contributed by atoms with E-state index in [2.05, 4.69) is 5.32 Å². The summed E-state index contributed by atoms with van der Waals surface area (Å²) in [5.41, 5.74) is 0. The zero-order valence-electron chi connectivity index (χ0n) is 14.5. The fraction of sp³-hybridized carbons (Fsp3) is 0.737. The second kappa shape index (κ2) is 7.49. The maximum atomic E-state index is 12.6. The first-order chi connectivity index (χ1) is 11.6. The zero-order valence-corrected chi connectivity index (χ0v) is 14.5. The molecule has 2 aliphatic carbocycles. The maximum absolute atomic E-state index is 12.6. The summed E-state index contributed by atoms with van der Waals surface area (Å²) in [6.07, 6.45) is 13.2. The van der Waals surface area contributed by atoms with Crippen LogP contribution in [0.4, 0.5) is 0 Å². The molecule has 1 aliphatic heterocycles. The van der Waals surface area contributed by atoms with Gasteiger partial charge in [0.05, 0.1) is 11.8 Å². The summed E-state index contributed by atoms with van der Waals surface area (Å²) < 4.78 is 0. The molecule has 1 saturated carbocycles. The molecule has 0 spiro atoms. The van der Waals surface area contributed by atoms with E-state index in [0.717, 1.165) is 25.7 Å². The van der Waals surface area contributed by atoms with Crippen LogP contribution >= 0.6 is 0 Å². The number of rotatable bonds is 3. The van der Waals surface area contributed by atoms with Crippen molar-refractivity contribution in [2.45, 2.75) is 76.8 Å². The fourth-order valence-corrected chi connectivity index (χ4v) is 4.25. The fourth-order valence-electron chi connectivity index (χ4n) is 4.25. The Morgan fingerprint density at radius 2 is 1.50 bits per heavy atom. The van der Waals surface area contributed by atoms with Crippen LogP contribution in [-0.4, -0.2) is 34.7 Å². The van der Waals surface area contributed by atoms with Crippen LogP contribution in [0.15, 0.2) is 12.2 Å². The molecule has 1 saturated heterocycles. The van der Waals surface area contributed by atoms with E-state index in [1.54, 1.807) is 6.92 Å². The van der Waals surface area contributed by atoms with Crippen molar-refractivity contribution in [1.82, 2.24) is 10.2 Å². The lowest BCUT2D eigenvalue weighted by atomic mass is 9.85. The van der Waals surface area contributed by atoms with Gasteiger partial charge in [0.1, 0.15) is 6.04 Å². The number of carbonyl (C=O) groups excluding carboxylic acids is 3. The molecule has 1 N–H and O–H groups in total. The summed E-state index contributed by atoms with van der Waals surface area (Å²) in [7, 11) is 0. The Morgan fingerprint density at radius 1 is 1.00 bits per heavy atom. The molecule has 3 atom stereocenters. The van der Waals surface area contributed by atoms with Crippen LogP contribution in [0, 0.1) is 11.8 Å². The molecule has 3 rings (SSSR count). The molecule has 132 valence electrons. The first kappa shape index (κ1) is 17.2. The number of carbonyl (C=O) groups is 3. The SMILES string of the molecule is C[C@@H](C(=O)NC1CCCCCCC1)N1C(=O)C2CC=CCC2C1=O. The van der Waals surface area contributed by atoms with Gasteiger partial charge < -0.3 is 5.32 Å². The second-order valence-electron chi connectivity index (χ2n) is 7.43. The van der Waals surface area contributed by atoms with E-state index in [1.807, 2.05) is 12.2 Å². The van der Waals surface area contributed by atoms with Gasteiger partial charge in [0.2, 0.25) is 17.7 Å². The molecule has 0 aromatic heterocycles. The number of imide groups is 1. The van der Waals surface area contributed by atoms with E-state index in [9.17, 15) is 14.4 Å². The average molecular weight is 332 g/mol. The van der Waals surface area contributed by atoms with Gasteiger partial charge in [0, 0.05) is 6.04 Å². The van der Waals surface area contributed by atoms with Crippen molar-refractivity contribution in [1.29, 1.82) is 0 Å². The molecular weight excluding hydrogens is 304 g/mol. The third kappa shape index (κ3) is 3.40. The highest BCUT2D eigenvalue weighted by Crippen LogP contribution is 2.36. The summed E-state index contributed by atoms with van der Waals surface area (Å²) in [6.45, 7) is 1.68. The van der Waals surface area contributed by atoms with Crippen LogP contribution in [0.3, 0.4) is 0 Å². The van der Waals surface area contributed by atoms with Gasteiger partial charge in [-0.3, -0.25) is 19.3 Å². The maximum Gasteiger partial charge on any atom is 0.243 e. The van der Waals surface area contributed by atoms with E-state index in [-0.39, 0.29) is 35.6 Å². The normalized spacial score (nSPS) is 29.8. The van der Waals surface area contributed by atoms with Crippen LogP contribution in [0.25, 0.3) is 0 Å². The van der Waals surface area contributed by atoms with Crippen molar-refractivity contribution in [3.05, 3.63) is 12.2 Å². The van der Waals surface area contributed by atoms with Crippen LogP contribution in [-0.2, 0) is 14.4 Å². The smallest absolute Gasteiger partial charge is 0.243 e. The van der Waals surface area contributed by atoms with E-state index >= 15 is 0 Å². The lowest BCUT2D eigenvalue weighted by molar-refractivity contribution is -0.147. The summed E-state index contributed by atoms with van der Waals surface area (Å²) in [6, 6.07) is -0.530. The number of amides is 3. The van der Waals surface area contributed by atoms with E-state index in [4.69, 9.17) is 0 Å². The first-order valence-electron chi connectivity index (χ1n) is 9.42. The number of nitrogens with one attached hydrogen (secondary N) is 1. The highest BCUT2D eigenvalue weighted by molar-refractivity contribution is 6.08. The predicted octanol–water partition coefficient (Wildman–Crippen LogP) is 2.56. The summed E-state index contributed by atoms with van der Waals surface area (Å²) >= 11 is 0. The summed E-state index contributed by atoms with van der Waals surface area (Å²) in [5.74, 6) is -1.06. The van der Waals surface area contributed by atoms with Gasteiger partial charge in [-0.15, -0.1) is 0 Å². The lowest BCUT2D eigenvalue weighted by Crippen LogP contribution is -2.50. The number of nitrogens with zero attached hydrogens (tertiary/aromatic N) is 1. The van der Waals surface area contributed by atoms with Crippen molar-refractivity contribution < 1.29 is 14.4 Å². The van der Waals surface area contributed by atoms with Crippen LogP contribution in [0.2, 0.25) is 0 Å².